The third-order valence-electron chi connectivity index (χ3n) is 0.638. The minimum Gasteiger partial charge on any atom is -0.338 e. The van der Waals surface area contributed by atoms with E-state index in [-0.39, 0.29) is 5.91 Å². The molecule has 0 spiro atoms. The molecule has 0 fully saturated rings. The van der Waals surface area contributed by atoms with Gasteiger partial charge < -0.3 is 4.90 Å². The first-order valence-corrected chi connectivity index (χ1v) is 3.32. The fourth-order valence-corrected chi connectivity index (χ4v) is 0.219. The largest absolute Gasteiger partial charge is 0.338 e. The van der Waals surface area contributed by atoms with E-state index in [0.717, 1.165) is 0 Å². The van der Waals surface area contributed by atoms with Gasteiger partial charge in [0.05, 0.1) is 0 Å². The number of hydrogen-bond donors (Lipinski definition) is 0. The van der Waals surface area contributed by atoms with Gasteiger partial charge in [0.2, 0.25) is 0 Å². The van der Waals surface area contributed by atoms with E-state index < -0.39 is 0 Å². The first-order valence-electron chi connectivity index (χ1n) is 3.32. The SMILES string of the molecule is CC.CC#CC(=O)N(C)C. The lowest BCUT2D eigenvalue weighted by Crippen LogP contribution is -2.19. The van der Waals surface area contributed by atoms with Crippen LogP contribution in [-0.2, 0) is 4.79 Å². The Labute approximate surface area is 63.2 Å². The maximum atomic E-state index is 10.5. The maximum absolute atomic E-state index is 10.5. The monoisotopic (exact) mass is 141 g/mol. The lowest BCUT2D eigenvalue weighted by atomic mass is 10.5. The summed E-state index contributed by atoms with van der Waals surface area (Å²) in [5.74, 6) is 4.74. The lowest BCUT2D eigenvalue weighted by Gasteiger charge is -2.01. The van der Waals surface area contributed by atoms with E-state index in [4.69, 9.17) is 0 Å². The lowest BCUT2D eigenvalue weighted by molar-refractivity contribution is -0.122. The first-order chi connectivity index (χ1) is 4.68. The van der Waals surface area contributed by atoms with Crippen LogP contribution in [0.1, 0.15) is 20.8 Å². The van der Waals surface area contributed by atoms with Crippen LogP contribution >= 0.6 is 0 Å². The van der Waals surface area contributed by atoms with E-state index in [1.165, 1.54) is 4.90 Å². The predicted molar refractivity (Wildman–Crippen MR) is 43.5 cm³/mol. The van der Waals surface area contributed by atoms with Crippen LogP contribution in [0.5, 0.6) is 0 Å². The molecule has 0 saturated carbocycles. The van der Waals surface area contributed by atoms with Gasteiger partial charge in [0.15, 0.2) is 0 Å². The van der Waals surface area contributed by atoms with Crippen molar-refractivity contribution in [3.05, 3.63) is 0 Å². The van der Waals surface area contributed by atoms with Crippen molar-refractivity contribution in [2.75, 3.05) is 14.1 Å². The summed E-state index contributed by atoms with van der Waals surface area (Å²) in [5.41, 5.74) is 0. The summed E-state index contributed by atoms with van der Waals surface area (Å²) < 4.78 is 0. The Morgan fingerprint density at radius 1 is 1.30 bits per heavy atom. The van der Waals surface area contributed by atoms with Crippen molar-refractivity contribution < 1.29 is 4.79 Å². The van der Waals surface area contributed by atoms with E-state index in [0.29, 0.717) is 0 Å². The van der Waals surface area contributed by atoms with E-state index in [9.17, 15) is 4.79 Å². The zero-order chi connectivity index (χ0) is 8.57. The Kier molecular flexibility index (Phi) is 9.46. The average Bonchev–Trinajstić information content (AvgIpc) is 1.93. The third kappa shape index (κ3) is 7.03. The maximum Gasteiger partial charge on any atom is 0.297 e. The molecule has 0 rings (SSSR count). The van der Waals surface area contributed by atoms with Crippen molar-refractivity contribution in [3.63, 3.8) is 0 Å². The molecule has 10 heavy (non-hydrogen) atoms. The van der Waals surface area contributed by atoms with Crippen molar-refractivity contribution in [2.45, 2.75) is 20.8 Å². The molecule has 0 aromatic heterocycles. The molecule has 2 nitrogen and oxygen atoms in total. The first kappa shape index (κ1) is 11.8. The second-order valence-electron chi connectivity index (χ2n) is 1.57. The molecule has 0 aliphatic heterocycles. The van der Waals surface area contributed by atoms with Gasteiger partial charge in [0.25, 0.3) is 5.91 Å². The van der Waals surface area contributed by atoms with Gasteiger partial charge in [0, 0.05) is 14.1 Å². The smallest absolute Gasteiger partial charge is 0.297 e. The molecular weight excluding hydrogens is 126 g/mol. The van der Waals surface area contributed by atoms with Gasteiger partial charge >= 0.3 is 0 Å². The van der Waals surface area contributed by atoms with Crippen molar-refractivity contribution >= 4 is 5.91 Å². The minimum atomic E-state index is -0.146. The van der Waals surface area contributed by atoms with Gasteiger partial charge in [-0.25, -0.2) is 0 Å². The number of nitrogens with zero attached hydrogens (tertiary/aromatic N) is 1. The molecule has 0 heterocycles. The number of hydrogen-bond acceptors (Lipinski definition) is 1. The van der Waals surface area contributed by atoms with E-state index in [1.807, 2.05) is 13.8 Å². The Morgan fingerprint density at radius 3 is 1.80 bits per heavy atom. The Hall–Kier alpha value is -0.970. The highest BCUT2D eigenvalue weighted by Crippen LogP contribution is 1.72. The van der Waals surface area contributed by atoms with Crippen LogP contribution in [0.3, 0.4) is 0 Å². The molecule has 0 aromatic rings. The molecule has 2 heteroatoms. The molecule has 0 bridgehead atoms. The second kappa shape index (κ2) is 8.03. The molecule has 0 N–H and O–H groups in total. The quantitative estimate of drug-likeness (QED) is 0.463. The standard InChI is InChI=1S/C6H9NO.C2H6/c1-4-5-6(8)7(2)3;1-2/h1-3H3;1-2H3. The molecule has 0 radical (unpaired) electrons. The number of amides is 1. The molecule has 0 aromatic carbocycles. The zero-order valence-electron chi connectivity index (χ0n) is 7.36. The van der Waals surface area contributed by atoms with Gasteiger partial charge in [-0.2, -0.15) is 0 Å². The van der Waals surface area contributed by atoms with Crippen LogP contribution in [0.4, 0.5) is 0 Å². The van der Waals surface area contributed by atoms with E-state index >= 15 is 0 Å². The summed E-state index contributed by atoms with van der Waals surface area (Å²) >= 11 is 0. The highest BCUT2D eigenvalue weighted by Gasteiger charge is 1.93. The second-order valence-corrected chi connectivity index (χ2v) is 1.57. The highest BCUT2D eigenvalue weighted by atomic mass is 16.2. The molecule has 0 aliphatic carbocycles. The van der Waals surface area contributed by atoms with Gasteiger partial charge in [-0.3, -0.25) is 4.79 Å². The summed E-state index contributed by atoms with van der Waals surface area (Å²) in [6.07, 6.45) is 0. The van der Waals surface area contributed by atoms with Gasteiger partial charge in [-0.05, 0) is 12.8 Å². The van der Waals surface area contributed by atoms with Crippen LogP contribution in [-0.4, -0.2) is 24.9 Å². The number of rotatable bonds is 0. The van der Waals surface area contributed by atoms with Gasteiger partial charge in [-0.15, -0.1) is 0 Å². The van der Waals surface area contributed by atoms with Crippen LogP contribution in [0.2, 0.25) is 0 Å². The third-order valence-corrected chi connectivity index (χ3v) is 0.638. The normalized spacial score (nSPS) is 6.10. The molecule has 58 valence electrons. The molecular formula is C8H15NO. The van der Waals surface area contributed by atoms with Gasteiger partial charge in [-0.1, -0.05) is 19.8 Å². The summed E-state index contributed by atoms with van der Waals surface area (Å²) in [6.45, 7) is 5.64. The van der Waals surface area contributed by atoms with Crippen molar-refractivity contribution in [3.8, 4) is 11.8 Å². The average molecular weight is 141 g/mol. The number of carbonyl (C=O) groups excluding carboxylic acids is 1. The molecule has 0 saturated heterocycles. The fraction of sp³-hybridized carbons (Fsp3) is 0.625. The molecule has 1 amide bonds. The van der Waals surface area contributed by atoms with E-state index in [1.54, 1.807) is 21.0 Å². The van der Waals surface area contributed by atoms with Crippen LogP contribution in [0.15, 0.2) is 0 Å². The minimum absolute atomic E-state index is 0.146. The summed E-state index contributed by atoms with van der Waals surface area (Å²) in [4.78, 5) is 11.9. The fourth-order valence-electron chi connectivity index (χ4n) is 0.219. The Morgan fingerprint density at radius 2 is 1.70 bits per heavy atom. The Bertz CT molecular complexity index is 139. The summed E-state index contributed by atoms with van der Waals surface area (Å²) in [5, 5.41) is 0. The van der Waals surface area contributed by atoms with Crippen LogP contribution < -0.4 is 0 Å². The summed E-state index contributed by atoms with van der Waals surface area (Å²) in [7, 11) is 3.35. The van der Waals surface area contributed by atoms with Gasteiger partial charge in [0.1, 0.15) is 0 Å². The van der Waals surface area contributed by atoms with Crippen LogP contribution in [0, 0.1) is 11.8 Å². The molecule has 0 unspecified atom stereocenters. The Balaban J connectivity index is 0. The molecule has 0 atom stereocenters. The molecule has 0 aliphatic rings. The summed E-state index contributed by atoms with van der Waals surface area (Å²) in [6, 6.07) is 0. The zero-order valence-corrected chi connectivity index (χ0v) is 7.36. The highest BCUT2D eigenvalue weighted by molar-refractivity contribution is 5.92. The van der Waals surface area contributed by atoms with Crippen molar-refractivity contribution in [1.82, 2.24) is 4.90 Å². The van der Waals surface area contributed by atoms with E-state index in [2.05, 4.69) is 11.8 Å². The number of carbonyl (C=O) groups is 1. The van der Waals surface area contributed by atoms with Crippen molar-refractivity contribution in [1.29, 1.82) is 0 Å². The van der Waals surface area contributed by atoms with Crippen molar-refractivity contribution in [2.24, 2.45) is 0 Å². The van der Waals surface area contributed by atoms with Crippen LogP contribution in [0.25, 0.3) is 0 Å². The predicted octanol–water partition coefficient (Wildman–Crippen LogP) is 1.12. The topological polar surface area (TPSA) is 20.3 Å².